The van der Waals surface area contributed by atoms with Gasteiger partial charge >= 0.3 is 0 Å². The van der Waals surface area contributed by atoms with Crippen LogP contribution in [0, 0.1) is 0 Å². The number of nitrogens with two attached hydrogens (primary N) is 1. The molecule has 1 unspecified atom stereocenters. The summed E-state index contributed by atoms with van der Waals surface area (Å²) in [5.41, 5.74) is 5.26. The molecule has 3 N–H and O–H groups in total. The van der Waals surface area contributed by atoms with E-state index in [2.05, 4.69) is 15.3 Å². The smallest absolute Gasteiger partial charge is 0.234 e. The number of carbonyl (C=O) groups excluding carboxylic acids is 1. The lowest BCUT2D eigenvalue weighted by Gasteiger charge is -2.12. The molecule has 0 saturated heterocycles. The van der Waals surface area contributed by atoms with Crippen molar-refractivity contribution < 1.29 is 4.79 Å². The molecule has 0 aliphatic heterocycles. The number of hydrogen-bond acceptors (Lipinski definition) is 5. The molecular formula is C10H16N4OS. The second-order valence-corrected chi connectivity index (χ2v) is 4.24. The summed E-state index contributed by atoms with van der Waals surface area (Å²) < 4.78 is 0. The van der Waals surface area contributed by atoms with Crippen molar-refractivity contribution in [1.29, 1.82) is 0 Å². The largest absolute Gasteiger partial charge is 0.368 e. The summed E-state index contributed by atoms with van der Waals surface area (Å²) in [7, 11) is 0. The third-order valence-corrected chi connectivity index (χ3v) is 2.88. The van der Waals surface area contributed by atoms with Crippen molar-refractivity contribution in [3.8, 4) is 0 Å². The van der Waals surface area contributed by atoms with E-state index in [1.807, 2.05) is 6.92 Å². The van der Waals surface area contributed by atoms with Crippen LogP contribution in [0.15, 0.2) is 23.6 Å². The number of carbonyl (C=O) groups is 1. The summed E-state index contributed by atoms with van der Waals surface area (Å²) in [6.07, 6.45) is 4.09. The zero-order valence-electron chi connectivity index (χ0n) is 9.22. The summed E-state index contributed by atoms with van der Waals surface area (Å²) in [5.74, 6) is 0.460. The van der Waals surface area contributed by atoms with Crippen LogP contribution in [-0.2, 0) is 4.79 Å². The lowest BCUT2D eigenvalue weighted by atomic mass is 10.2. The Balaban J connectivity index is 2.31. The molecule has 5 nitrogen and oxygen atoms in total. The molecule has 0 radical (unpaired) electrons. The molecule has 0 saturated carbocycles. The Labute approximate surface area is 99.2 Å². The number of thioether (sulfide) groups is 1. The molecule has 6 heteroatoms. The van der Waals surface area contributed by atoms with E-state index in [1.165, 1.54) is 11.8 Å². The summed E-state index contributed by atoms with van der Waals surface area (Å²) in [6.45, 7) is 2.68. The number of primary amides is 1. The first-order valence-electron chi connectivity index (χ1n) is 5.16. The molecule has 0 spiro atoms. The summed E-state index contributed by atoms with van der Waals surface area (Å²) in [6, 6.07) is 1.51. The highest BCUT2D eigenvalue weighted by molar-refractivity contribution is 7.99. The number of aromatic nitrogens is 2. The Kier molecular flexibility index (Phi) is 5.81. The molecule has 1 rings (SSSR count). The van der Waals surface area contributed by atoms with Gasteiger partial charge < -0.3 is 11.1 Å². The van der Waals surface area contributed by atoms with Gasteiger partial charge in [0.05, 0.1) is 6.04 Å². The van der Waals surface area contributed by atoms with Crippen molar-refractivity contribution in [3.63, 3.8) is 0 Å². The van der Waals surface area contributed by atoms with Crippen LogP contribution in [-0.4, -0.2) is 34.2 Å². The monoisotopic (exact) mass is 240 g/mol. The van der Waals surface area contributed by atoms with Gasteiger partial charge in [0, 0.05) is 18.1 Å². The average molecular weight is 240 g/mol. The van der Waals surface area contributed by atoms with E-state index < -0.39 is 0 Å². The highest BCUT2D eigenvalue weighted by Crippen LogP contribution is 2.13. The maximum atomic E-state index is 11.1. The first-order valence-corrected chi connectivity index (χ1v) is 6.15. The van der Waals surface area contributed by atoms with Crippen molar-refractivity contribution in [1.82, 2.24) is 15.3 Å². The normalized spacial score (nSPS) is 12.3. The van der Waals surface area contributed by atoms with Gasteiger partial charge in [-0.3, -0.25) is 4.79 Å². The zero-order valence-corrected chi connectivity index (χ0v) is 10.0. The minimum Gasteiger partial charge on any atom is -0.368 e. The van der Waals surface area contributed by atoms with Crippen molar-refractivity contribution >= 4 is 17.7 Å². The molecule has 1 atom stereocenters. The molecule has 0 bridgehead atoms. The first-order chi connectivity index (χ1) is 7.74. The van der Waals surface area contributed by atoms with Crippen LogP contribution in [0.25, 0.3) is 0 Å². The topological polar surface area (TPSA) is 80.9 Å². The molecule has 0 fully saturated rings. The van der Waals surface area contributed by atoms with Gasteiger partial charge in [-0.05, 0) is 19.0 Å². The molecule has 16 heavy (non-hydrogen) atoms. The van der Waals surface area contributed by atoms with Crippen molar-refractivity contribution in [2.75, 3.05) is 12.3 Å². The number of likely N-dealkylation sites (N-methyl/N-ethyl adjacent to an activating group) is 1. The molecule has 0 aliphatic carbocycles. The minimum absolute atomic E-state index is 0.263. The SMILES string of the molecule is CCNC(CCSc1ncccn1)C(N)=O. The van der Waals surface area contributed by atoms with Gasteiger partial charge in [0.1, 0.15) is 0 Å². The predicted octanol–water partition coefficient (Wildman–Crippen LogP) is 0.422. The maximum Gasteiger partial charge on any atom is 0.234 e. The number of nitrogens with one attached hydrogen (secondary N) is 1. The molecule has 1 heterocycles. The number of nitrogens with zero attached hydrogens (tertiary/aromatic N) is 2. The van der Waals surface area contributed by atoms with E-state index in [9.17, 15) is 4.79 Å². The van der Waals surface area contributed by atoms with Gasteiger partial charge in [-0.2, -0.15) is 0 Å². The Bertz CT molecular complexity index is 320. The standard InChI is InChI=1S/C10H16N4OS/c1-2-12-8(9(11)15)4-7-16-10-13-5-3-6-14-10/h3,5-6,8,12H,2,4,7H2,1H3,(H2,11,15). The fourth-order valence-corrected chi connectivity index (χ4v) is 2.03. The van der Waals surface area contributed by atoms with Crippen LogP contribution < -0.4 is 11.1 Å². The minimum atomic E-state index is -0.309. The molecule has 88 valence electrons. The molecule has 0 aromatic carbocycles. The van der Waals surface area contributed by atoms with Crippen LogP contribution in [0.3, 0.4) is 0 Å². The van der Waals surface area contributed by atoms with Crippen LogP contribution >= 0.6 is 11.8 Å². The molecule has 1 aromatic rings. The Morgan fingerprint density at radius 1 is 1.56 bits per heavy atom. The summed E-state index contributed by atoms with van der Waals surface area (Å²) >= 11 is 1.52. The summed E-state index contributed by atoms with van der Waals surface area (Å²) in [4.78, 5) is 19.2. The third kappa shape index (κ3) is 4.59. The van der Waals surface area contributed by atoms with Crippen molar-refractivity contribution in [3.05, 3.63) is 18.5 Å². The van der Waals surface area contributed by atoms with Crippen LogP contribution in [0.2, 0.25) is 0 Å². The van der Waals surface area contributed by atoms with Gasteiger partial charge in [-0.1, -0.05) is 18.7 Å². The van der Waals surface area contributed by atoms with Gasteiger partial charge in [-0.15, -0.1) is 0 Å². The fraction of sp³-hybridized carbons (Fsp3) is 0.500. The van der Waals surface area contributed by atoms with Crippen molar-refractivity contribution in [2.24, 2.45) is 5.73 Å². The highest BCUT2D eigenvalue weighted by Gasteiger charge is 2.13. The fourth-order valence-electron chi connectivity index (χ4n) is 1.22. The van der Waals surface area contributed by atoms with E-state index >= 15 is 0 Å². The van der Waals surface area contributed by atoms with E-state index in [4.69, 9.17) is 5.73 Å². The predicted molar refractivity (Wildman–Crippen MR) is 64.0 cm³/mol. The highest BCUT2D eigenvalue weighted by atomic mass is 32.2. The van der Waals surface area contributed by atoms with Gasteiger partial charge in [0.25, 0.3) is 0 Å². The lowest BCUT2D eigenvalue weighted by molar-refractivity contribution is -0.120. The zero-order chi connectivity index (χ0) is 11.8. The van der Waals surface area contributed by atoms with Gasteiger partial charge in [-0.25, -0.2) is 9.97 Å². The molecule has 1 amide bonds. The quantitative estimate of drug-likeness (QED) is 0.533. The van der Waals surface area contributed by atoms with E-state index in [1.54, 1.807) is 18.5 Å². The Hall–Kier alpha value is -1.14. The number of rotatable bonds is 7. The average Bonchev–Trinajstić information content (AvgIpc) is 2.29. The lowest BCUT2D eigenvalue weighted by Crippen LogP contribution is -2.41. The van der Waals surface area contributed by atoms with Crippen molar-refractivity contribution in [2.45, 2.75) is 24.5 Å². The molecule has 0 aliphatic rings. The summed E-state index contributed by atoms with van der Waals surface area (Å²) in [5, 5.41) is 3.76. The van der Waals surface area contributed by atoms with Crippen LogP contribution in [0.4, 0.5) is 0 Å². The van der Waals surface area contributed by atoms with Gasteiger partial charge in [0.2, 0.25) is 5.91 Å². The van der Waals surface area contributed by atoms with Crippen LogP contribution in [0.5, 0.6) is 0 Å². The second-order valence-electron chi connectivity index (χ2n) is 3.18. The van der Waals surface area contributed by atoms with E-state index in [0.29, 0.717) is 6.42 Å². The third-order valence-electron chi connectivity index (χ3n) is 1.97. The Morgan fingerprint density at radius 3 is 2.81 bits per heavy atom. The molecule has 1 aromatic heterocycles. The Morgan fingerprint density at radius 2 is 2.25 bits per heavy atom. The number of hydrogen-bond donors (Lipinski definition) is 2. The second kappa shape index (κ2) is 7.19. The molecular weight excluding hydrogens is 224 g/mol. The maximum absolute atomic E-state index is 11.1. The van der Waals surface area contributed by atoms with E-state index in [0.717, 1.165) is 17.5 Å². The van der Waals surface area contributed by atoms with E-state index in [-0.39, 0.29) is 11.9 Å². The first kappa shape index (κ1) is 12.9. The van der Waals surface area contributed by atoms with Gasteiger partial charge in [0.15, 0.2) is 5.16 Å². The number of amides is 1. The van der Waals surface area contributed by atoms with Crippen LogP contribution in [0.1, 0.15) is 13.3 Å².